The fraction of sp³-hybridized carbons (Fsp3) is 0.250. The highest BCUT2D eigenvalue weighted by Gasteiger charge is 2.07. The molecule has 1 aromatic heterocycles. The molecule has 104 valence electrons. The van der Waals surface area contributed by atoms with Gasteiger partial charge in [0.15, 0.2) is 5.78 Å². The summed E-state index contributed by atoms with van der Waals surface area (Å²) in [5.41, 5.74) is 2.57. The summed E-state index contributed by atoms with van der Waals surface area (Å²) in [6, 6.07) is 9.38. The SMILES string of the molecule is CCC(=O)c1ccn(CC(=O)Nc2ccc(C)cc2)c1. The number of nitrogens with one attached hydrogen (secondary N) is 1. The Morgan fingerprint density at radius 1 is 1.15 bits per heavy atom. The lowest BCUT2D eigenvalue weighted by Gasteiger charge is -2.06. The summed E-state index contributed by atoms with van der Waals surface area (Å²) in [6.07, 6.45) is 3.93. The molecule has 0 aliphatic carbocycles. The predicted octanol–water partition coefficient (Wildman–Crippen LogP) is 3.03. The van der Waals surface area contributed by atoms with Gasteiger partial charge in [-0.05, 0) is 25.1 Å². The minimum atomic E-state index is -0.111. The second-order valence-corrected chi connectivity index (χ2v) is 4.76. The Hall–Kier alpha value is -2.36. The van der Waals surface area contributed by atoms with Crippen LogP contribution in [0.4, 0.5) is 5.69 Å². The average molecular weight is 270 g/mol. The van der Waals surface area contributed by atoms with Gasteiger partial charge in [-0.15, -0.1) is 0 Å². The fourth-order valence-electron chi connectivity index (χ4n) is 1.91. The first-order chi connectivity index (χ1) is 9.58. The van der Waals surface area contributed by atoms with Crippen molar-refractivity contribution >= 4 is 17.4 Å². The van der Waals surface area contributed by atoms with Crippen molar-refractivity contribution in [3.63, 3.8) is 0 Å². The zero-order chi connectivity index (χ0) is 14.5. The quantitative estimate of drug-likeness (QED) is 0.849. The molecule has 0 atom stereocenters. The first kappa shape index (κ1) is 14.1. The van der Waals surface area contributed by atoms with Crippen LogP contribution in [0.25, 0.3) is 0 Å². The lowest BCUT2D eigenvalue weighted by molar-refractivity contribution is -0.116. The first-order valence-corrected chi connectivity index (χ1v) is 6.64. The van der Waals surface area contributed by atoms with E-state index < -0.39 is 0 Å². The number of anilines is 1. The van der Waals surface area contributed by atoms with Gasteiger partial charge in [0, 0.05) is 30.1 Å². The summed E-state index contributed by atoms with van der Waals surface area (Å²) in [6.45, 7) is 4.02. The van der Waals surface area contributed by atoms with Crippen LogP contribution in [0.5, 0.6) is 0 Å². The lowest BCUT2D eigenvalue weighted by Crippen LogP contribution is -2.17. The Balaban J connectivity index is 1.96. The molecule has 1 amide bonds. The highest BCUT2D eigenvalue weighted by Crippen LogP contribution is 2.09. The standard InChI is InChI=1S/C16H18N2O2/c1-3-15(19)13-8-9-18(10-13)11-16(20)17-14-6-4-12(2)5-7-14/h4-10H,3,11H2,1-2H3,(H,17,20). The third kappa shape index (κ3) is 3.57. The van der Waals surface area contributed by atoms with Crippen molar-refractivity contribution in [1.29, 1.82) is 0 Å². The number of ketones is 1. The number of aromatic nitrogens is 1. The summed E-state index contributed by atoms with van der Waals surface area (Å²) >= 11 is 0. The molecule has 0 aliphatic rings. The zero-order valence-corrected chi connectivity index (χ0v) is 11.7. The van der Waals surface area contributed by atoms with Gasteiger partial charge in [-0.1, -0.05) is 24.6 Å². The molecule has 0 bridgehead atoms. The van der Waals surface area contributed by atoms with E-state index in [4.69, 9.17) is 0 Å². The number of amides is 1. The van der Waals surface area contributed by atoms with Gasteiger partial charge in [-0.2, -0.15) is 0 Å². The summed E-state index contributed by atoms with van der Waals surface area (Å²) < 4.78 is 1.71. The molecular weight excluding hydrogens is 252 g/mol. The number of aryl methyl sites for hydroxylation is 1. The van der Waals surface area contributed by atoms with E-state index >= 15 is 0 Å². The van der Waals surface area contributed by atoms with Crippen LogP contribution in [-0.2, 0) is 11.3 Å². The number of hydrogen-bond acceptors (Lipinski definition) is 2. The summed E-state index contributed by atoms with van der Waals surface area (Å²) in [5.74, 6) is -0.0253. The predicted molar refractivity (Wildman–Crippen MR) is 78.9 cm³/mol. The Bertz CT molecular complexity index is 612. The molecule has 0 unspecified atom stereocenters. The van der Waals surface area contributed by atoms with Crippen LogP contribution in [0.1, 0.15) is 29.3 Å². The monoisotopic (exact) mass is 270 g/mol. The molecule has 4 nitrogen and oxygen atoms in total. The molecule has 1 aromatic carbocycles. The van der Waals surface area contributed by atoms with Crippen molar-refractivity contribution < 1.29 is 9.59 Å². The maximum absolute atomic E-state index is 11.9. The summed E-state index contributed by atoms with van der Waals surface area (Å²) in [5, 5.41) is 2.83. The smallest absolute Gasteiger partial charge is 0.244 e. The van der Waals surface area contributed by atoms with Gasteiger partial charge in [-0.25, -0.2) is 0 Å². The average Bonchev–Trinajstić information content (AvgIpc) is 2.89. The molecule has 1 heterocycles. The van der Waals surface area contributed by atoms with Crippen molar-refractivity contribution in [1.82, 2.24) is 4.57 Å². The highest BCUT2D eigenvalue weighted by molar-refractivity contribution is 5.96. The van der Waals surface area contributed by atoms with E-state index in [0.29, 0.717) is 12.0 Å². The van der Waals surface area contributed by atoms with Crippen molar-refractivity contribution in [2.75, 3.05) is 5.32 Å². The van der Waals surface area contributed by atoms with Gasteiger partial charge in [0.1, 0.15) is 6.54 Å². The fourth-order valence-corrected chi connectivity index (χ4v) is 1.91. The Labute approximate surface area is 118 Å². The second-order valence-electron chi connectivity index (χ2n) is 4.76. The topological polar surface area (TPSA) is 51.1 Å². The highest BCUT2D eigenvalue weighted by atomic mass is 16.2. The Morgan fingerprint density at radius 2 is 1.85 bits per heavy atom. The number of carbonyl (C=O) groups is 2. The van der Waals surface area contributed by atoms with Gasteiger partial charge < -0.3 is 9.88 Å². The number of benzene rings is 1. The Kier molecular flexibility index (Phi) is 4.35. The number of Topliss-reactive ketones (excluding diaryl/α,β-unsaturated/α-hetero) is 1. The maximum atomic E-state index is 11.9. The van der Waals surface area contributed by atoms with Gasteiger partial charge in [-0.3, -0.25) is 9.59 Å². The van der Waals surface area contributed by atoms with Crippen LogP contribution in [-0.4, -0.2) is 16.3 Å². The van der Waals surface area contributed by atoms with Crippen molar-refractivity contribution in [3.05, 3.63) is 53.9 Å². The normalized spacial score (nSPS) is 10.3. The molecule has 20 heavy (non-hydrogen) atoms. The summed E-state index contributed by atoms with van der Waals surface area (Å²) in [4.78, 5) is 23.4. The van der Waals surface area contributed by atoms with E-state index in [-0.39, 0.29) is 18.2 Å². The van der Waals surface area contributed by atoms with Gasteiger partial charge in [0.05, 0.1) is 0 Å². The van der Waals surface area contributed by atoms with E-state index in [2.05, 4.69) is 5.32 Å². The van der Waals surface area contributed by atoms with Crippen LogP contribution >= 0.6 is 0 Å². The minimum Gasteiger partial charge on any atom is -0.344 e. The first-order valence-electron chi connectivity index (χ1n) is 6.64. The third-order valence-corrected chi connectivity index (χ3v) is 3.06. The second kappa shape index (κ2) is 6.19. The molecule has 2 aromatic rings. The van der Waals surface area contributed by atoms with E-state index in [9.17, 15) is 9.59 Å². The number of nitrogens with zero attached hydrogens (tertiary/aromatic N) is 1. The molecule has 0 aliphatic heterocycles. The van der Waals surface area contributed by atoms with Crippen LogP contribution in [0, 0.1) is 6.92 Å². The lowest BCUT2D eigenvalue weighted by atomic mass is 10.2. The van der Waals surface area contributed by atoms with Crippen molar-refractivity contribution in [3.8, 4) is 0 Å². The van der Waals surface area contributed by atoms with Crippen LogP contribution in [0.2, 0.25) is 0 Å². The van der Waals surface area contributed by atoms with Gasteiger partial charge in [0.2, 0.25) is 5.91 Å². The Morgan fingerprint density at radius 3 is 2.50 bits per heavy atom. The van der Waals surface area contributed by atoms with E-state index in [1.165, 1.54) is 0 Å². The zero-order valence-electron chi connectivity index (χ0n) is 11.7. The number of carbonyl (C=O) groups excluding carboxylic acids is 2. The molecule has 0 saturated carbocycles. The van der Waals surface area contributed by atoms with Crippen LogP contribution in [0.3, 0.4) is 0 Å². The molecule has 0 saturated heterocycles. The molecule has 0 spiro atoms. The minimum absolute atomic E-state index is 0.0858. The van der Waals surface area contributed by atoms with Crippen LogP contribution < -0.4 is 5.32 Å². The molecular formula is C16H18N2O2. The summed E-state index contributed by atoms with van der Waals surface area (Å²) in [7, 11) is 0. The molecule has 4 heteroatoms. The van der Waals surface area contributed by atoms with Gasteiger partial charge in [0.25, 0.3) is 0 Å². The number of rotatable bonds is 5. The van der Waals surface area contributed by atoms with Gasteiger partial charge >= 0.3 is 0 Å². The number of hydrogen-bond donors (Lipinski definition) is 1. The molecule has 2 rings (SSSR count). The van der Waals surface area contributed by atoms with E-state index in [1.54, 1.807) is 23.0 Å². The van der Waals surface area contributed by atoms with E-state index in [0.717, 1.165) is 11.3 Å². The van der Waals surface area contributed by atoms with Crippen LogP contribution in [0.15, 0.2) is 42.7 Å². The third-order valence-electron chi connectivity index (χ3n) is 3.06. The molecule has 0 fully saturated rings. The molecule has 0 radical (unpaired) electrons. The van der Waals surface area contributed by atoms with Crippen molar-refractivity contribution in [2.45, 2.75) is 26.8 Å². The maximum Gasteiger partial charge on any atom is 0.244 e. The largest absolute Gasteiger partial charge is 0.344 e. The van der Waals surface area contributed by atoms with E-state index in [1.807, 2.05) is 38.1 Å². The van der Waals surface area contributed by atoms with Crippen molar-refractivity contribution in [2.24, 2.45) is 0 Å². The molecule has 1 N–H and O–H groups in total.